The van der Waals surface area contributed by atoms with Crippen LogP contribution in [0.4, 0.5) is 0 Å². The van der Waals surface area contributed by atoms with Crippen molar-refractivity contribution in [1.82, 2.24) is 20.3 Å². The second-order valence-electron chi connectivity index (χ2n) is 4.60. The van der Waals surface area contributed by atoms with Gasteiger partial charge in [-0.15, -0.1) is 5.10 Å². The summed E-state index contributed by atoms with van der Waals surface area (Å²) in [5.74, 6) is -0.123. The Kier molecular flexibility index (Phi) is 3.59. The smallest absolute Gasteiger partial charge is 0.267 e. The maximum atomic E-state index is 11.9. The lowest BCUT2D eigenvalue weighted by Crippen LogP contribution is -2.45. The second-order valence-corrected chi connectivity index (χ2v) is 4.60. The Hall–Kier alpha value is -1.92. The highest BCUT2D eigenvalue weighted by molar-refractivity contribution is 5.94. The fraction of sp³-hybridized carbons (Fsp3) is 0.636. The highest BCUT2D eigenvalue weighted by Crippen LogP contribution is 2.23. The molecule has 2 heterocycles. The number of hydrogen-bond acceptors (Lipinski definition) is 5. The van der Waals surface area contributed by atoms with Crippen LogP contribution in [0, 0.1) is 0 Å². The van der Waals surface area contributed by atoms with E-state index >= 15 is 0 Å². The molecule has 18 heavy (non-hydrogen) atoms. The lowest BCUT2D eigenvalue weighted by atomic mass is 9.99. The summed E-state index contributed by atoms with van der Waals surface area (Å²) in [6.07, 6.45) is 4.76. The van der Waals surface area contributed by atoms with E-state index in [9.17, 15) is 4.79 Å². The number of carbonyl (C=O) groups excluding carboxylic acids is 1. The molecule has 98 valence electrons. The Morgan fingerprint density at radius 3 is 3.11 bits per heavy atom. The van der Waals surface area contributed by atoms with Crippen molar-refractivity contribution in [3.05, 3.63) is 12.4 Å². The Labute approximate surface area is 105 Å². The summed E-state index contributed by atoms with van der Waals surface area (Å²) in [6.45, 7) is 4.91. The van der Waals surface area contributed by atoms with Crippen molar-refractivity contribution in [2.24, 2.45) is 5.16 Å². The van der Waals surface area contributed by atoms with Crippen LogP contribution in [0.5, 0.6) is 0 Å². The van der Waals surface area contributed by atoms with Gasteiger partial charge in [0.2, 0.25) is 5.60 Å². The van der Waals surface area contributed by atoms with E-state index in [0.717, 1.165) is 18.7 Å². The number of nitrogens with one attached hydrogen (secondary N) is 1. The molecule has 0 saturated carbocycles. The number of aromatic nitrogens is 3. The van der Waals surface area contributed by atoms with Crippen LogP contribution in [0.2, 0.25) is 0 Å². The molecule has 1 atom stereocenters. The minimum Gasteiger partial charge on any atom is -0.379 e. The maximum absolute atomic E-state index is 11.9. The predicted octanol–water partition coefficient (Wildman–Crippen LogP) is 0.339. The third-order valence-electron chi connectivity index (χ3n) is 2.80. The van der Waals surface area contributed by atoms with E-state index in [1.807, 2.05) is 6.92 Å². The van der Waals surface area contributed by atoms with Crippen molar-refractivity contribution in [3.8, 4) is 0 Å². The zero-order valence-electron chi connectivity index (χ0n) is 10.6. The summed E-state index contributed by atoms with van der Waals surface area (Å²) >= 11 is 0. The average molecular weight is 251 g/mol. The quantitative estimate of drug-likeness (QED) is 0.765. The van der Waals surface area contributed by atoms with Gasteiger partial charge >= 0.3 is 0 Å². The first kappa shape index (κ1) is 12.5. The number of amides is 1. The molecule has 0 bridgehead atoms. The van der Waals surface area contributed by atoms with Crippen LogP contribution in [-0.4, -0.2) is 38.8 Å². The van der Waals surface area contributed by atoms with E-state index in [0.29, 0.717) is 13.0 Å². The summed E-state index contributed by atoms with van der Waals surface area (Å²) in [5.41, 5.74) is -0.00702. The molecular formula is C11H17N5O2. The molecule has 1 aromatic rings. The number of rotatable bonds is 5. The molecule has 0 radical (unpaired) electrons. The molecule has 0 spiro atoms. The first-order chi connectivity index (χ1) is 8.60. The number of aryl methyl sites for hydroxylation is 1. The van der Waals surface area contributed by atoms with Crippen LogP contribution in [0.3, 0.4) is 0 Å². The number of hydrogen-bond donors (Lipinski definition) is 1. The molecule has 1 aromatic heterocycles. The van der Waals surface area contributed by atoms with Gasteiger partial charge in [-0.05, 0) is 20.3 Å². The van der Waals surface area contributed by atoms with E-state index in [-0.39, 0.29) is 5.91 Å². The molecule has 2 rings (SSSR count). The number of oxime groups is 1. The molecule has 0 fully saturated rings. The van der Waals surface area contributed by atoms with E-state index in [4.69, 9.17) is 4.84 Å². The minimum atomic E-state index is -0.850. The van der Waals surface area contributed by atoms with Crippen molar-refractivity contribution >= 4 is 11.6 Å². The average Bonchev–Trinajstić information content (AvgIpc) is 2.95. The summed E-state index contributed by atoms with van der Waals surface area (Å²) in [4.78, 5) is 17.1. The summed E-state index contributed by atoms with van der Waals surface area (Å²) in [6, 6.07) is 0. The van der Waals surface area contributed by atoms with Crippen molar-refractivity contribution < 1.29 is 9.63 Å². The van der Waals surface area contributed by atoms with Crippen LogP contribution < -0.4 is 5.32 Å². The van der Waals surface area contributed by atoms with Gasteiger partial charge < -0.3 is 10.2 Å². The summed E-state index contributed by atoms with van der Waals surface area (Å²) in [5, 5.41) is 14.2. The van der Waals surface area contributed by atoms with E-state index in [1.165, 1.54) is 0 Å². The third-order valence-corrected chi connectivity index (χ3v) is 2.80. The zero-order valence-corrected chi connectivity index (χ0v) is 10.6. The topological polar surface area (TPSA) is 81.4 Å². The molecular weight excluding hydrogens is 234 g/mol. The van der Waals surface area contributed by atoms with E-state index < -0.39 is 5.60 Å². The molecule has 0 aliphatic carbocycles. The van der Waals surface area contributed by atoms with Crippen molar-refractivity contribution in [2.75, 3.05) is 6.54 Å². The fourth-order valence-electron chi connectivity index (χ4n) is 1.84. The third kappa shape index (κ3) is 2.85. The normalized spacial score (nSPS) is 22.4. The summed E-state index contributed by atoms with van der Waals surface area (Å²) < 4.78 is 1.73. The van der Waals surface area contributed by atoms with Crippen molar-refractivity contribution in [2.45, 2.75) is 38.8 Å². The van der Waals surface area contributed by atoms with Gasteiger partial charge in [0.1, 0.15) is 0 Å². The van der Waals surface area contributed by atoms with E-state index in [2.05, 4.69) is 20.8 Å². The van der Waals surface area contributed by atoms with Crippen molar-refractivity contribution in [1.29, 1.82) is 0 Å². The number of carbonyl (C=O) groups is 1. The van der Waals surface area contributed by atoms with Crippen LogP contribution in [0.25, 0.3) is 0 Å². The molecule has 1 amide bonds. The van der Waals surface area contributed by atoms with Gasteiger partial charge in [-0.1, -0.05) is 10.4 Å². The Balaban J connectivity index is 1.69. The maximum Gasteiger partial charge on any atom is 0.267 e. The van der Waals surface area contributed by atoms with E-state index in [1.54, 1.807) is 24.0 Å². The van der Waals surface area contributed by atoms with Gasteiger partial charge in [0, 0.05) is 25.7 Å². The van der Waals surface area contributed by atoms with Gasteiger partial charge in [0.05, 0.1) is 11.9 Å². The standard InChI is InChI=1S/C11H17N5O2/c1-9-8-11(2,18-14-9)10(17)12-4-3-6-16-7-5-13-15-16/h5,7H,3-4,6,8H2,1-2H3,(H,12,17). The highest BCUT2D eigenvalue weighted by Gasteiger charge is 2.40. The largest absolute Gasteiger partial charge is 0.379 e. The van der Waals surface area contributed by atoms with Gasteiger partial charge in [0.15, 0.2) is 0 Å². The van der Waals surface area contributed by atoms with Gasteiger partial charge in [-0.2, -0.15) is 0 Å². The monoisotopic (exact) mass is 251 g/mol. The highest BCUT2D eigenvalue weighted by atomic mass is 16.7. The molecule has 1 aliphatic heterocycles. The SMILES string of the molecule is CC1=NOC(C)(C(=O)NCCCn2ccnn2)C1. The first-order valence-corrected chi connectivity index (χ1v) is 5.94. The summed E-state index contributed by atoms with van der Waals surface area (Å²) in [7, 11) is 0. The predicted molar refractivity (Wildman–Crippen MR) is 64.9 cm³/mol. The Morgan fingerprint density at radius 2 is 2.50 bits per heavy atom. The molecule has 0 aromatic carbocycles. The minimum absolute atomic E-state index is 0.123. The fourth-order valence-corrected chi connectivity index (χ4v) is 1.84. The molecule has 1 unspecified atom stereocenters. The molecule has 1 aliphatic rings. The lowest BCUT2D eigenvalue weighted by molar-refractivity contribution is -0.141. The van der Waals surface area contributed by atoms with Crippen LogP contribution in [0.15, 0.2) is 17.5 Å². The van der Waals surface area contributed by atoms with Crippen LogP contribution in [-0.2, 0) is 16.2 Å². The number of nitrogens with zero attached hydrogens (tertiary/aromatic N) is 4. The van der Waals surface area contributed by atoms with Crippen molar-refractivity contribution in [3.63, 3.8) is 0 Å². The van der Waals surface area contributed by atoms with Gasteiger partial charge in [-0.3, -0.25) is 9.48 Å². The van der Waals surface area contributed by atoms with Crippen LogP contribution >= 0.6 is 0 Å². The molecule has 7 heteroatoms. The molecule has 7 nitrogen and oxygen atoms in total. The second kappa shape index (κ2) is 5.16. The first-order valence-electron chi connectivity index (χ1n) is 5.94. The Morgan fingerprint density at radius 1 is 1.67 bits per heavy atom. The van der Waals surface area contributed by atoms with Crippen LogP contribution in [0.1, 0.15) is 26.7 Å². The molecule has 1 N–H and O–H groups in total. The zero-order chi connectivity index (χ0) is 13.0. The Bertz CT molecular complexity index is 442. The molecule has 0 saturated heterocycles. The van der Waals surface area contributed by atoms with Gasteiger partial charge in [0.25, 0.3) is 5.91 Å². The lowest BCUT2D eigenvalue weighted by Gasteiger charge is -2.20. The van der Waals surface area contributed by atoms with Gasteiger partial charge in [-0.25, -0.2) is 0 Å².